The molecule has 3 amide bonds. The third-order valence-corrected chi connectivity index (χ3v) is 11.0. The van der Waals surface area contributed by atoms with Crippen LogP contribution in [0.15, 0.2) is 84.1 Å². The minimum atomic E-state index is -4.21. The van der Waals surface area contributed by atoms with E-state index in [-0.39, 0.29) is 35.5 Å². The molecule has 0 saturated carbocycles. The van der Waals surface area contributed by atoms with Crippen LogP contribution in [-0.4, -0.2) is 88.6 Å². The summed E-state index contributed by atoms with van der Waals surface area (Å²) in [6, 6.07) is 17.5. The monoisotopic (exact) mass is 743 g/mol. The Kier molecular flexibility index (Phi) is 11.0. The first-order valence-corrected chi connectivity index (χ1v) is 17.7. The van der Waals surface area contributed by atoms with Crippen LogP contribution in [0.4, 0.5) is 0 Å². The molecule has 1 saturated heterocycles. The number of aliphatic carboxylic acids is 2. The van der Waals surface area contributed by atoms with Gasteiger partial charge in [0, 0.05) is 17.1 Å². The van der Waals surface area contributed by atoms with Gasteiger partial charge in [0.25, 0.3) is 11.8 Å². The Bertz CT molecular complexity index is 2000. The molecule has 2 aliphatic rings. The molecule has 2 heterocycles. The summed E-state index contributed by atoms with van der Waals surface area (Å²) < 4.78 is 26.2. The van der Waals surface area contributed by atoms with Gasteiger partial charge in [-0.05, 0) is 47.7 Å². The molecule has 1 fully saturated rings. The Morgan fingerprint density at radius 2 is 1.60 bits per heavy atom. The topological polar surface area (TPSA) is 207 Å². The van der Waals surface area contributed by atoms with E-state index in [9.17, 15) is 47.7 Å². The molecule has 2 unspecified atom stereocenters. The summed E-state index contributed by atoms with van der Waals surface area (Å²) in [5.74, 6) is -7.95. The molecule has 5 rings (SSSR count). The summed E-state index contributed by atoms with van der Waals surface area (Å²) in [4.78, 5) is 64.8. The molecule has 0 aliphatic carbocycles. The number of sulfone groups is 1. The average molecular weight is 745 g/mol. The van der Waals surface area contributed by atoms with E-state index in [2.05, 4.69) is 10.6 Å². The highest BCUT2D eigenvalue weighted by Gasteiger charge is 2.60. The summed E-state index contributed by atoms with van der Waals surface area (Å²) >= 11 is 12.1. The van der Waals surface area contributed by atoms with Gasteiger partial charge in [-0.25, -0.2) is 13.2 Å². The lowest BCUT2D eigenvalue weighted by atomic mass is 9.86. The van der Waals surface area contributed by atoms with Crippen molar-refractivity contribution in [3.63, 3.8) is 0 Å². The number of hydrogen-bond donors (Lipinski definition) is 5. The number of carboxylic acid groups (broad SMARTS) is 2. The first-order valence-electron chi connectivity index (χ1n) is 15.3. The number of fused-ring (bicyclic) bond motifs is 1. The number of aliphatic hydroxyl groups is 1. The minimum absolute atomic E-state index is 0.0595. The number of nitrogens with one attached hydrogen (secondary N) is 2. The highest BCUT2D eigenvalue weighted by atomic mass is 35.5. The van der Waals surface area contributed by atoms with Gasteiger partial charge in [-0.3, -0.25) is 24.1 Å². The van der Waals surface area contributed by atoms with E-state index in [1.54, 1.807) is 54.6 Å². The van der Waals surface area contributed by atoms with Crippen molar-refractivity contribution in [2.75, 3.05) is 18.9 Å². The van der Waals surface area contributed by atoms with E-state index >= 15 is 0 Å². The molecule has 4 atom stereocenters. The molecule has 3 aromatic carbocycles. The van der Waals surface area contributed by atoms with Crippen LogP contribution in [0.3, 0.4) is 0 Å². The largest absolute Gasteiger partial charge is 0.481 e. The van der Waals surface area contributed by atoms with E-state index in [1.165, 1.54) is 18.2 Å². The van der Waals surface area contributed by atoms with E-state index < -0.39 is 80.8 Å². The molecule has 2 aliphatic heterocycles. The molecule has 13 nitrogen and oxygen atoms in total. The second-order valence-corrected chi connectivity index (χ2v) is 14.7. The van der Waals surface area contributed by atoms with Crippen molar-refractivity contribution in [1.82, 2.24) is 15.5 Å². The molecule has 0 radical (unpaired) electrons. The first kappa shape index (κ1) is 36.5. The predicted molar refractivity (Wildman–Crippen MR) is 181 cm³/mol. The summed E-state index contributed by atoms with van der Waals surface area (Å²) in [6.07, 6.45) is 0.266. The zero-order chi connectivity index (χ0) is 36.3. The minimum Gasteiger partial charge on any atom is -0.481 e. The number of hydrogen-bond acceptors (Lipinski definition) is 8. The number of halogens is 2. The lowest BCUT2D eigenvalue weighted by molar-refractivity contribution is -0.151. The number of β-lactam (4-membered cyclic amide) rings is 1. The van der Waals surface area contributed by atoms with Gasteiger partial charge in [-0.1, -0.05) is 77.8 Å². The molecule has 50 heavy (non-hydrogen) atoms. The van der Waals surface area contributed by atoms with Crippen LogP contribution in [-0.2, 0) is 29.0 Å². The van der Waals surface area contributed by atoms with Crippen LogP contribution in [0.5, 0.6) is 0 Å². The number of carbonyl (C=O) groups is 5. The number of nitrogens with zero attached hydrogens (tertiary/aromatic N) is 1. The third-order valence-electron chi connectivity index (χ3n) is 8.53. The van der Waals surface area contributed by atoms with Gasteiger partial charge in [0.05, 0.1) is 28.9 Å². The number of carbonyl (C=O) groups excluding carboxylic acids is 3. The summed E-state index contributed by atoms with van der Waals surface area (Å²) in [5.41, 5.74) is 0.392. The van der Waals surface area contributed by atoms with Crippen LogP contribution in [0, 0.1) is 0 Å². The number of carboxylic acids is 2. The maximum atomic E-state index is 13.9. The Labute approximate surface area is 296 Å². The van der Waals surface area contributed by atoms with Crippen LogP contribution in [0.2, 0.25) is 10.0 Å². The van der Waals surface area contributed by atoms with Crippen molar-refractivity contribution in [3.8, 4) is 0 Å². The normalized spacial score (nSPS) is 19.1. The number of amides is 3. The van der Waals surface area contributed by atoms with Crippen LogP contribution in [0.25, 0.3) is 0 Å². The van der Waals surface area contributed by atoms with Gasteiger partial charge in [0.15, 0.2) is 15.2 Å². The molecule has 0 bridgehead atoms. The summed E-state index contributed by atoms with van der Waals surface area (Å²) in [5, 5.41) is 33.4. The van der Waals surface area contributed by atoms with Crippen LogP contribution < -0.4 is 10.6 Å². The van der Waals surface area contributed by atoms with Crippen molar-refractivity contribution >= 4 is 62.7 Å². The fraction of sp³-hybridized carbons (Fsp3) is 0.265. The van der Waals surface area contributed by atoms with Gasteiger partial charge < -0.3 is 26.0 Å². The molecule has 3 aromatic rings. The second kappa shape index (κ2) is 15.0. The fourth-order valence-electron chi connectivity index (χ4n) is 6.20. The molecule has 16 heteroatoms. The smallest absolute Gasteiger partial charge is 0.352 e. The standard InChI is InChI=1S/C34H31Cl2N3O10S/c35-22-11-12-24(25(36)15-22)29(41)37-13-5-10-23(19-8-4-9-20(14-19)26(33(44)45)18-6-2-1-3-7-18)30(42)38-27-31(43)39-28(34(46)47)21(16-40)17-50(48,49)32(27)39/h1-4,6-9,11-12,14-15,23,26-27,32,40H,5,10,13,16-17H2,(H,37,41)(H,38,42)(H,44,45)(H,46,47)/t23?,26?,27-,32-/m0/s1. The third kappa shape index (κ3) is 7.38. The zero-order valence-electron chi connectivity index (χ0n) is 26.1. The summed E-state index contributed by atoms with van der Waals surface area (Å²) in [7, 11) is -4.21. The van der Waals surface area contributed by atoms with Gasteiger partial charge in [-0.2, -0.15) is 0 Å². The van der Waals surface area contributed by atoms with E-state index in [0.717, 1.165) is 0 Å². The first-order chi connectivity index (χ1) is 23.7. The highest BCUT2D eigenvalue weighted by Crippen LogP contribution is 2.37. The molecular weight excluding hydrogens is 713 g/mol. The molecule has 262 valence electrons. The lowest BCUT2D eigenvalue weighted by Gasteiger charge is -2.49. The number of aliphatic hydroxyl groups excluding tert-OH is 1. The quantitative estimate of drug-likeness (QED) is 0.128. The number of benzene rings is 3. The van der Waals surface area contributed by atoms with Crippen molar-refractivity contribution in [1.29, 1.82) is 0 Å². The lowest BCUT2D eigenvalue weighted by Crippen LogP contribution is -2.75. The van der Waals surface area contributed by atoms with E-state index in [0.29, 0.717) is 26.6 Å². The van der Waals surface area contributed by atoms with E-state index in [4.69, 9.17) is 23.2 Å². The Morgan fingerprint density at radius 1 is 0.920 bits per heavy atom. The van der Waals surface area contributed by atoms with Crippen molar-refractivity contribution < 1.29 is 47.7 Å². The van der Waals surface area contributed by atoms with Gasteiger partial charge in [-0.15, -0.1) is 0 Å². The SMILES string of the molecule is O=C(O)C1=C(CO)CS(=O)(=O)[C@H]2[C@@H](NC(=O)C(CCCNC(=O)c3ccc(Cl)cc3Cl)c3cccc(C(C(=O)O)c4ccccc4)c3)C(=O)N12. The Hall–Kier alpha value is -4.76. The molecule has 0 aromatic heterocycles. The van der Waals surface area contributed by atoms with Crippen LogP contribution in [0.1, 0.15) is 51.7 Å². The van der Waals surface area contributed by atoms with Gasteiger partial charge in [0.2, 0.25) is 5.91 Å². The fourth-order valence-corrected chi connectivity index (χ4v) is 8.71. The highest BCUT2D eigenvalue weighted by molar-refractivity contribution is 7.92. The summed E-state index contributed by atoms with van der Waals surface area (Å²) in [6.45, 7) is -0.819. The van der Waals surface area contributed by atoms with Crippen molar-refractivity contribution in [2.45, 2.75) is 36.1 Å². The average Bonchev–Trinajstić information content (AvgIpc) is 3.06. The molecule has 5 N–H and O–H groups in total. The van der Waals surface area contributed by atoms with Crippen molar-refractivity contribution in [3.05, 3.63) is 116 Å². The Balaban J connectivity index is 1.41. The predicted octanol–water partition coefficient (Wildman–Crippen LogP) is 2.92. The van der Waals surface area contributed by atoms with E-state index in [1.807, 2.05) is 0 Å². The maximum absolute atomic E-state index is 13.9. The Morgan fingerprint density at radius 3 is 2.24 bits per heavy atom. The van der Waals surface area contributed by atoms with Crippen molar-refractivity contribution in [2.24, 2.45) is 0 Å². The molecular formula is C34H31Cl2N3O10S. The van der Waals surface area contributed by atoms with Crippen LogP contribution >= 0.6 is 23.2 Å². The second-order valence-electron chi connectivity index (χ2n) is 11.7. The maximum Gasteiger partial charge on any atom is 0.352 e. The van der Waals surface area contributed by atoms with Gasteiger partial charge >= 0.3 is 11.9 Å². The zero-order valence-corrected chi connectivity index (χ0v) is 28.4. The molecule has 0 spiro atoms. The number of rotatable bonds is 13. The van der Waals surface area contributed by atoms with Gasteiger partial charge in [0.1, 0.15) is 17.7 Å².